The van der Waals surface area contributed by atoms with Gasteiger partial charge in [-0.15, -0.1) is 0 Å². The molecule has 1 aliphatic heterocycles. The Kier molecular flexibility index (Phi) is 5.86. The van der Waals surface area contributed by atoms with Gasteiger partial charge >= 0.3 is 0 Å². The van der Waals surface area contributed by atoms with Gasteiger partial charge in [-0.3, -0.25) is 4.79 Å². The molecule has 1 saturated heterocycles. The van der Waals surface area contributed by atoms with Crippen molar-refractivity contribution < 1.29 is 4.79 Å². The zero-order valence-electron chi connectivity index (χ0n) is 16.0. The second kappa shape index (κ2) is 8.30. The Hall–Kier alpha value is -2.43. The zero-order chi connectivity index (χ0) is 18.5. The van der Waals surface area contributed by atoms with Gasteiger partial charge in [-0.2, -0.15) is 0 Å². The van der Waals surface area contributed by atoms with E-state index in [2.05, 4.69) is 40.1 Å². The van der Waals surface area contributed by atoms with Gasteiger partial charge in [0, 0.05) is 24.8 Å². The molecular weight excluding hydrogens is 324 g/mol. The van der Waals surface area contributed by atoms with E-state index in [0.29, 0.717) is 24.2 Å². The third-order valence-electron chi connectivity index (χ3n) is 5.13. The highest BCUT2D eigenvalue weighted by Crippen LogP contribution is 2.24. The Morgan fingerprint density at radius 1 is 1.23 bits per heavy atom. The SMILES string of the molecule is CCC1CCCCN1c1nc(C)cc(C(=O)NCc2ccccc2C)n1. The summed E-state index contributed by atoms with van der Waals surface area (Å²) in [7, 11) is 0. The van der Waals surface area contributed by atoms with E-state index in [-0.39, 0.29) is 5.91 Å². The standard InChI is InChI=1S/C21H28N4O/c1-4-18-11-7-8-12-25(18)21-23-16(3)13-19(24-21)20(26)22-14-17-10-6-5-9-15(17)2/h5-6,9-10,13,18H,4,7-8,11-12,14H2,1-3H3,(H,22,26). The second-order valence-electron chi connectivity index (χ2n) is 7.05. The van der Waals surface area contributed by atoms with Crippen LogP contribution in [-0.4, -0.2) is 28.5 Å². The lowest BCUT2D eigenvalue weighted by Crippen LogP contribution is -2.40. The first-order valence-electron chi connectivity index (χ1n) is 9.53. The van der Waals surface area contributed by atoms with Crippen molar-refractivity contribution in [2.24, 2.45) is 0 Å². The highest BCUT2D eigenvalue weighted by atomic mass is 16.1. The highest BCUT2D eigenvalue weighted by Gasteiger charge is 2.24. The molecule has 1 aromatic heterocycles. The number of nitrogens with one attached hydrogen (secondary N) is 1. The summed E-state index contributed by atoms with van der Waals surface area (Å²) < 4.78 is 0. The molecule has 1 unspecified atom stereocenters. The van der Waals surface area contributed by atoms with E-state index in [1.807, 2.05) is 25.1 Å². The number of carbonyl (C=O) groups is 1. The van der Waals surface area contributed by atoms with Crippen LogP contribution in [0.2, 0.25) is 0 Å². The monoisotopic (exact) mass is 352 g/mol. The molecule has 1 amide bonds. The summed E-state index contributed by atoms with van der Waals surface area (Å²) in [6, 6.07) is 10.3. The van der Waals surface area contributed by atoms with Crippen LogP contribution in [0.3, 0.4) is 0 Å². The normalized spacial score (nSPS) is 17.2. The van der Waals surface area contributed by atoms with E-state index >= 15 is 0 Å². The molecule has 2 heterocycles. The maximum absolute atomic E-state index is 12.6. The number of piperidine rings is 1. The number of hydrogen-bond acceptors (Lipinski definition) is 4. The largest absolute Gasteiger partial charge is 0.347 e. The van der Waals surface area contributed by atoms with Crippen molar-refractivity contribution in [1.82, 2.24) is 15.3 Å². The average molecular weight is 352 g/mol. The topological polar surface area (TPSA) is 58.1 Å². The average Bonchev–Trinajstić information content (AvgIpc) is 2.66. The van der Waals surface area contributed by atoms with Crippen LogP contribution in [0.4, 0.5) is 5.95 Å². The quantitative estimate of drug-likeness (QED) is 0.889. The number of hydrogen-bond donors (Lipinski definition) is 1. The molecule has 1 aromatic carbocycles. The van der Waals surface area contributed by atoms with Crippen molar-refractivity contribution in [3.8, 4) is 0 Å². The molecule has 1 atom stereocenters. The predicted molar refractivity (Wildman–Crippen MR) is 104 cm³/mol. The molecule has 0 aliphatic carbocycles. The first-order valence-corrected chi connectivity index (χ1v) is 9.53. The van der Waals surface area contributed by atoms with E-state index in [9.17, 15) is 4.79 Å². The molecule has 0 spiro atoms. The molecule has 5 nitrogen and oxygen atoms in total. The molecule has 138 valence electrons. The minimum absolute atomic E-state index is 0.148. The Labute approximate surface area is 155 Å². The van der Waals surface area contributed by atoms with Gasteiger partial charge < -0.3 is 10.2 Å². The Morgan fingerprint density at radius 3 is 2.81 bits per heavy atom. The van der Waals surface area contributed by atoms with Gasteiger partial charge in [-0.05, 0) is 56.7 Å². The van der Waals surface area contributed by atoms with Crippen molar-refractivity contribution in [2.75, 3.05) is 11.4 Å². The van der Waals surface area contributed by atoms with Gasteiger partial charge in [-0.25, -0.2) is 9.97 Å². The van der Waals surface area contributed by atoms with E-state index in [1.54, 1.807) is 6.07 Å². The number of nitrogens with zero attached hydrogens (tertiary/aromatic N) is 3. The molecule has 26 heavy (non-hydrogen) atoms. The number of anilines is 1. The van der Waals surface area contributed by atoms with Crippen LogP contribution in [0.15, 0.2) is 30.3 Å². The predicted octanol–water partition coefficient (Wildman–Crippen LogP) is 3.79. The molecule has 0 bridgehead atoms. The van der Waals surface area contributed by atoms with E-state index < -0.39 is 0 Å². The molecule has 3 rings (SSSR count). The fraction of sp³-hybridized carbons (Fsp3) is 0.476. The smallest absolute Gasteiger partial charge is 0.270 e. The fourth-order valence-electron chi connectivity index (χ4n) is 3.56. The van der Waals surface area contributed by atoms with Crippen molar-refractivity contribution in [3.63, 3.8) is 0 Å². The first kappa shape index (κ1) is 18.4. The van der Waals surface area contributed by atoms with Gasteiger partial charge in [0.05, 0.1) is 0 Å². The molecule has 5 heteroatoms. The maximum atomic E-state index is 12.6. The maximum Gasteiger partial charge on any atom is 0.270 e. The van der Waals surface area contributed by atoms with Crippen LogP contribution >= 0.6 is 0 Å². The van der Waals surface area contributed by atoms with Crippen molar-refractivity contribution in [1.29, 1.82) is 0 Å². The Bertz CT molecular complexity index is 774. The number of amides is 1. The van der Waals surface area contributed by atoms with Crippen LogP contribution in [0.1, 0.15) is 59.9 Å². The molecule has 2 aromatic rings. The summed E-state index contributed by atoms with van der Waals surface area (Å²) in [4.78, 5) is 24.1. The lowest BCUT2D eigenvalue weighted by atomic mass is 10.0. The van der Waals surface area contributed by atoms with Gasteiger partial charge in [0.2, 0.25) is 5.95 Å². The molecule has 1 aliphatic rings. The summed E-state index contributed by atoms with van der Waals surface area (Å²) >= 11 is 0. The molecular formula is C21H28N4O. The highest BCUT2D eigenvalue weighted by molar-refractivity contribution is 5.92. The van der Waals surface area contributed by atoms with Gasteiger partial charge in [0.1, 0.15) is 5.69 Å². The van der Waals surface area contributed by atoms with E-state index in [1.165, 1.54) is 18.4 Å². The fourth-order valence-corrected chi connectivity index (χ4v) is 3.56. The Morgan fingerprint density at radius 2 is 2.04 bits per heavy atom. The van der Waals surface area contributed by atoms with Crippen LogP contribution in [0.25, 0.3) is 0 Å². The number of benzene rings is 1. The van der Waals surface area contributed by atoms with Crippen molar-refractivity contribution in [2.45, 2.75) is 59.0 Å². The molecule has 1 N–H and O–H groups in total. The van der Waals surface area contributed by atoms with Crippen LogP contribution in [-0.2, 0) is 6.54 Å². The number of aryl methyl sites for hydroxylation is 2. The summed E-state index contributed by atoms with van der Waals surface area (Å²) in [5.74, 6) is 0.544. The zero-order valence-corrected chi connectivity index (χ0v) is 16.0. The summed E-state index contributed by atoms with van der Waals surface area (Å²) in [6.45, 7) is 7.65. The third kappa shape index (κ3) is 4.21. The second-order valence-corrected chi connectivity index (χ2v) is 7.05. The third-order valence-corrected chi connectivity index (χ3v) is 5.13. The number of aromatic nitrogens is 2. The van der Waals surface area contributed by atoms with Crippen LogP contribution in [0, 0.1) is 13.8 Å². The lowest BCUT2D eigenvalue weighted by molar-refractivity contribution is 0.0945. The van der Waals surface area contributed by atoms with Crippen molar-refractivity contribution >= 4 is 11.9 Å². The van der Waals surface area contributed by atoms with Crippen LogP contribution < -0.4 is 10.2 Å². The van der Waals surface area contributed by atoms with Crippen LogP contribution in [0.5, 0.6) is 0 Å². The molecule has 0 saturated carbocycles. The van der Waals surface area contributed by atoms with Gasteiger partial charge in [0.15, 0.2) is 0 Å². The number of carbonyl (C=O) groups excluding carboxylic acids is 1. The first-order chi connectivity index (χ1) is 12.6. The number of rotatable bonds is 5. The summed E-state index contributed by atoms with van der Waals surface area (Å²) in [5.41, 5.74) is 3.57. The van der Waals surface area contributed by atoms with Crippen molar-refractivity contribution in [3.05, 3.63) is 52.8 Å². The minimum Gasteiger partial charge on any atom is -0.347 e. The lowest BCUT2D eigenvalue weighted by Gasteiger charge is -2.35. The van der Waals surface area contributed by atoms with Gasteiger partial charge in [0.25, 0.3) is 5.91 Å². The minimum atomic E-state index is -0.148. The van der Waals surface area contributed by atoms with E-state index in [4.69, 9.17) is 0 Å². The van der Waals surface area contributed by atoms with Gasteiger partial charge in [-0.1, -0.05) is 31.2 Å². The molecule has 0 radical (unpaired) electrons. The molecule has 1 fully saturated rings. The van der Waals surface area contributed by atoms with E-state index in [0.717, 1.165) is 30.6 Å². The summed E-state index contributed by atoms with van der Waals surface area (Å²) in [5, 5.41) is 2.99. The Balaban J connectivity index is 1.76. The summed E-state index contributed by atoms with van der Waals surface area (Å²) in [6.07, 6.45) is 4.65.